The Bertz CT molecular complexity index is 1390. The molecule has 0 unspecified atom stereocenters. The second-order valence-corrected chi connectivity index (χ2v) is 11.9. The number of hydrogen-bond acceptors (Lipinski definition) is 12. The normalized spacial score (nSPS) is 21.5. The van der Waals surface area contributed by atoms with Crippen LogP contribution in [0.2, 0.25) is 0 Å². The van der Waals surface area contributed by atoms with Gasteiger partial charge in [0, 0.05) is 19.0 Å². The van der Waals surface area contributed by atoms with Gasteiger partial charge in [-0.3, -0.25) is 28.8 Å². The molecule has 0 aromatic heterocycles. The van der Waals surface area contributed by atoms with Crippen molar-refractivity contribution in [2.24, 2.45) is 5.92 Å². The summed E-state index contributed by atoms with van der Waals surface area (Å²) in [5, 5.41) is 58.4. The SMILES string of the molecule is CC(=O)OCc1ccc(NC(=O)[C@H](C)NC(=O)[C@@H](NC(=O)CNC(=O)CCC(=O)O)C(C)C)cc1CC[C@@H]1O[C@H](C(=O)O)[C@@H](O)[C@H](O)[C@H]1O. The number of rotatable bonds is 17. The molecular weight excluding hydrogens is 652 g/mol. The van der Waals surface area contributed by atoms with Gasteiger partial charge in [0.1, 0.15) is 37.0 Å². The predicted octanol–water partition coefficient (Wildman–Crippen LogP) is -1.82. The van der Waals surface area contributed by atoms with Crippen LogP contribution in [-0.2, 0) is 56.1 Å². The molecule has 0 radical (unpaired) electrons. The highest BCUT2D eigenvalue weighted by atomic mass is 16.6. The highest BCUT2D eigenvalue weighted by molar-refractivity contribution is 5.98. The van der Waals surface area contributed by atoms with Crippen LogP contribution in [0.4, 0.5) is 5.69 Å². The van der Waals surface area contributed by atoms with Gasteiger partial charge in [0.2, 0.25) is 23.6 Å². The molecule has 7 atom stereocenters. The Kier molecular flexibility index (Phi) is 15.5. The van der Waals surface area contributed by atoms with Crippen LogP contribution in [0.5, 0.6) is 0 Å². The van der Waals surface area contributed by atoms with Crippen LogP contribution in [0.1, 0.15) is 58.1 Å². The zero-order valence-electron chi connectivity index (χ0n) is 27.5. The maximum absolute atomic E-state index is 13.0. The van der Waals surface area contributed by atoms with Gasteiger partial charge in [0.25, 0.3) is 0 Å². The summed E-state index contributed by atoms with van der Waals surface area (Å²) in [5.41, 5.74) is 1.30. The molecule has 272 valence electrons. The van der Waals surface area contributed by atoms with Gasteiger partial charge in [-0.1, -0.05) is 19.9 Å². The molecule has 0 spiro atoms. The highest BCUT2D eigenvalue weighted by Crippen LogP contribution is 2.26. The Morgan fingerprint density at radius 2 is 1.53 bits per heavy atom. The number of benzene rings is 1. The molecule has 2 rings (SSSR count). The van der Waals surface area contributed by atoms with E-state index in [4.69, 9.17) is 14.6 Å². The number of amides is 4. The summed E-state index contributed by atoms with van der Waals surface area (Å²) in [6, 6.07) is 2.45. The third-order valence-electron chi connectivity index (χ3n) is 7.59. The van der Waals surface area contributed by atoms with E-state index in [9.17, 15) is 54.0 Å². The Balaban J connectivity index is 2.09. The lowest BCUT2D eigenvalue weighted by Crippen LogP contribution is -2.59. The van der Waals surface area contributed by atoms with Gasteiger partial charge in [-0.25, -0.2) is 4.79 Å². The Morgan fingerprint density at radius 1 is 0.857 bits per heavy atom. The van der Waals surface area contributed by atoms with E-state index in [1.54, 1.807) is 26.0 Å². The summed E-state index contributed by atoms with van der Waals surface area (Å²) in [7, 11) is 0. The van der Waals surface area contributed by atoms with Crippen molar-refractivity contribution in [3.05, 3.63) is 29.3 Å². The molecule has 1 aromatic carbocycles. The summed E-state index contributed by atoms with van der Waals surface area (Å²) >= 11 is 0. The topological polar surface area (TPSA) is 287 Å². The first kappa shape index (κ1) is 40.5. The number of ether oxygens (including phenoxy) is 2. The van der Waals surface area contributed by atoms with Crippen molar-refractivity contribution < 1.29 is 68.6 Å². The van der Waals surface area contributed by atoms with Crippen LogP contribution in [-0.4, -0.2) is 116 Å². The first-order chi connectivity index (χ1) is 22.9. The van der Waals surface area contributed by atoms with Crippen LogP contribution >= 0.6 is 0 Å². The Morgan fingerprint density at radius 3 is 2.12 bits per heavy atom. The fourth-order valence-corrected chi connectivity index (χ4v) is 4.81. The minimum atomic E-state index is -1.85. The maximum Gasteiger partial charge on any atom is 0.335 e. The van der Waals surface area contributed by atoms with Crippen LogP contribution in [0.25, 0.3) is 0 Å². The van der Waals surface area contributed by atoms with Gasteiger partial charge in [0.15, 0.2) is 6.10 Å². The second-order valence-electron chi connectivity index (χ2n) is 11.9. The number of esters is 1. The van der Waals surface area contributed by atoms with Crippen LogP contribution in [0, 0.1) is 5.92 Å². The molecule has 1 saturated heterocycles. The van der Waals surface area contributed by atoms with E-state index >= 15 is 0 Å². The zero-order valence-corrected chi connectivity index (χ0v) is 27.5. The van der Waals surface area contributed by atoms with Crippen LogP contribution < -0.4 is 21.3 Å². The standard InChI is InChI=1S/C31H44N4O14/c1-14(2)24(35-22(38)12-32-21(37)9-10-23(39)40)30(45)33-15(3)29(44)34-19-7-5-18(13-48-16(4)36)17(11-19)6-8-20-25(41)26(42)27(43)28(49-20)31(46)47/h5,7,11,14-15,20,24-28,41-43H,6,8-10,12-13H2,1-4H3,(H,32,37)(H,33,45)(H,34,44)(H,35,38)(H,39,40)(H,46,47)/t15-,20-,24-,25-,26+,27-,28-/m0/s1. The number of aryl methyl sites for hydroxylation is 1. The van der Waals surface area contributed by atoms with Gasteiger partial charge < -0.3 is 56.3 Å². The molecule has 4 amide bonds. The number of carboxylic acids is 2. The summed E-state index contributed by atoms with van der Waals surface area (Å²) in [6.07, 6.45) is -8.83. The minimum absolute atomic E-state index is 0.0278. The molecule has 18 heteroatoms. The minimum Gasteiger partial charge on any atom is -0.481 e. The van der Waals surface area contributed by atoms with Crippen molar-refractivity contribution in [3.63, 3.8) is 0 Å². The number of nitrogens with one attached hydrogen (secondary N) is 4. The number of aliphatic hydroxyl groups is 3. The number of carbonyl (C=O) groups is 7. The number of anilines is 1. The molecule has 0 saturated carbocycles. The summed E-state index contributed by atoms with van der Waals surface area (Å²) in [4.78, 5) is 83.6. The van der Waals surface area contributed by atoms with Crippen molar-refractivity contribution in [1.82, 2.24) is 16.0 Å². The smallest absolute Gasteiger partial charge is 0.335 e. The molecule has 1 aliphatic rings. The number of aliphatic hydroxyl groups excluding tert-OH is 3. The van der Waals surface area contributed by atoms with Gasteiger partial charge in [-0.05, 0) is 48.9 Å². The summed E-state index contributed by atoms with van der Waals surface area (Å²) < 4.78 is 10.5. The third kappa shape index (κ3) is 12.7. The van der Waals surface area contributed by atoms with E-state index in [2.05, 4.69) is 21.3 Å². The van der Waals surface area contributed by atoms with E-state index < -0.39 is 103 Å². The van der Waals surface area contributed by atoms with E-state index in [0.29, 0.717) is 11.1 Å². The lowest BCUT2D eigenvalue weighted by Gasteiger charge is -2.39. The maximum atomic E-state index is 13.0. The van der Waals surface area contributed by atoms with E-state index in [1.807, 2.05) is 0 Å². The number of carbonyl (C=O) groups excluding carboxylic acids is 5. The van der Waals surface area contributed by atoms with Crippen LogP contribution in [0.3, 0.4) is 0 Å². The third-order valence-corrected chi connectivity index (χ3v) is 7.59. The lowest BCUT2D eigenvalue weighted by molar-refractivity contribution is -0.228. The first-order valence-electron chi connectivity index (χ1n) is 15.5. The molecule has 18 nitrogen and oxygen atoms in total. The predicted molar refractivity (Wildman–Crippen MR) is 167 cm³/mol. The Labute approximate surface area is 281 Å². The monoisotopic (exact) mass is 696 g/mol. The highest BCUT2D eigenvalue weighted by Gasteiger charge is 2.46. The quantitative estimate of drug-likeness (QED) is 0.0812. The molecule has 1 aliphatic heterocycles. The fraction of sp³-hybridized carbons (Fsp3) is 0.581. The summed E-state index contributed by atoms with van der Waals surface area (Å²) in [6.45, 7) is 5.30. The van der Waals surface area contributed by atoms with E-state index in [0.717, 1.165) is 0 Å². The molecule has 1 fully saturated rings. The van der Waals surface area contributed by atoms with Crippen molar-refractivity contribution in [3.8, 4) is 0 Å². The average Bonchev–Trinajstić information content (AvgIpc) is 3.02. The largest absolute Gasteiger partial charge is 0.481 e. The van der Waals surface area contributed by atoms with Crippen molar-refractivity contribution in [1.29, 1.82) is 0 Å². The molecular formula is C31H44N4O14. The van der Waals surface area contributed by atoms with E-state index in [-0.39, 0.29) is 31.6 Å². The number of carboxylic acid groups (broad SMARTS) is 2. The van der Waals surface area contributed by atoms with Crippen molar-refractivity contribution >= 4 is 47.2 Å². The zero-order chi connectivity index (χ0) is 37.0. The summed E-state index contributed by atoms with van der Waals surface area (Å²) in [5.74, 6) is -6.35. The molecule has 0 bridgehead atoms. The lowest BCUT2D eigenvalue weighted by atomic mass is 9.91. The average molecular weight is 697 g/mol. The number of hydrogen-bond donors (Lipinski definition) is 9. The second kappa shape index (κ2) is 18.8. The van der Waals surface area contributed by atoms with Crippen LogP contribution in [0.15, 0.2) is 18.2 Å². The van der Waals surface area contributed by atoms with Crippen molar-refractivity contribution in [2.45, 2.75) is 103 Å². The van der Waals surface area contributed by atoms with Gasteiger partial charge in [0.05, 0.1) is 19.1 Å². The number of aliphatic carboxylic acids is 2. The molecule has 1 aromatic rings. The van der Waals surface area contributed by atoms with Gasteiger partial charge in [-0.15, -0.1) is 0 Å². The molecule has 49 heavy (non-hydrogen) atoms. The fourth-order valence-electron chi connectivity index (χ4n) is 4.81. The van der Waals surface area contributed by atoms with Crippen molar-refractivity contribution in [2.75, 3.05) is 11.9 Å². The van der Waals surface area contributed by atoms with E-state index in [1.165, 1.54) is 19.9 Å². The van der Waals surface area contributed by atoms with Gasteiger partial charge in [-0.2, -0.15) is 0 Å². The molecule has 0 aliphatic carbocycles. The Hall–Kier alpha value is -4.65. The first-order valence-corrected chi connectivity index (χ1v) is 15.5. The molecule has 1 heterocycles. The van der Waals surface area contributed by atoms with Gasteiger partial charge >= 0.3 is 17.9 Å². The molecule has 9 N–H and O–H groups in total.